The summed E-state index contributed by atoms with van der Waals surface area (Å²) in [5.41, 5.74) is 7.12. The lowest BCUT2D eigenvalue weighted by molar-refractivity contribution is 0.0272. The first-order chi connectivity index (χ1) is 25.3. The number of ether oxygens (including phenoxy) is 3. The normalized spacial score (nSPS) is 16.8. The number of morpholine rings is 1. The summed E-state index contributed by atoms with van der Waals surface area (Å²) in [6.07, 6.45) is 13.4. The van der Waals surface area contributed by atoms with Gasteiger partial charge in [-0.2, -0.15) is 0 Å². The van der Waals surface area contributed by atoms with Gasteiger partial charge in [-0.25, -0.2) is 4.79 Å². The van der Waals surface area contributed by atoms with E-state index in [9.17, 15) is 9.90 Å². The maximum absolute atomic E-state index is 11.7. The minimum atomic E-state index is -0.912. The molecule has 52 heavy (non-hydrogen) atoms. The Morgan fingerprint density at radius 1 is 0.923 bits per heavy atom. The molecule has 8 heteroatoms. The Bertz CT molecular complexity index is 1650. The molecule has 0 bridgehead atoms. The van der Waals surface area contributed by atoms with Crippen LogP contribution < -0.4 is 4.74 Å². The summed E-state index contributed by atoms with van der Waals surface area (Å²) in [6, 6.07) is 13.8. The smallest absolute Gasteiger partial charge is 0.335 e. The third-order valence-corrected chi connectivity index (χ3v) is 10.1. The summed E-state index contributed by atoms with van der Waals surface area (Å²) in [5, 5.41) is 10.7. The van der Waals surface area contributed by atoms with Crippen LogP contribution >= 0.6 is 0 Å². The van der Waals surface area contributed by atoms with Gasteiger partial charge in [0.25, 0.3) is 0 Å². The molecule has 0 radical (unpaired) electrons. The van der Waals surface area contributed by atoms with Crippen molar-refractivity contribution in [1.82, 2.24) is 14.4 Å². The van der Waals surface area contributed by atoms with E-state index in [0.29, 0.717) is 24.7 Å². The van der Waals surface area contributed by atoms with E-state index < -0.39 is 5.97 Å². The van der Waals surface area contributed by atoms with Crippen LogP contribution in [0, 0.1) is 0 Å². The Morgan fingerprint density at radius 2 is 1.62 bits per heavy atom. The molecule has 0 spiro atoms. The highest BCUT2D eigenvalue weighted by Crippen LogP contribution is 2.40. The molecule has 3 aromatic rings. The number of aromatic carboxylic acids is 1. The van der Waals surface area contributed by atoms with Crippen LogP contribution in [0.3, 0.4) is 0 Å². The molecule has 1 atom stereocenters. The number of likely N-dealkylation sites (tertiary alicyclic amines) is 1. The zero-order valence-corrected chi connectivity index (χ0v) is 32.9. The second-order valence-corrected chi connectivity index (χ2v) is 13.7. The van der Waals surface area contributed by atoms with Crippen LogP contribution in [-0.2, 0) is 16.5 Å². The highest BCUT2D eigenvalue weighted by atomic mass is 16.5. The lowest BCUT2D eigenvalue weighted by Crippen LogP contribution is -2.38. The predicted molar refractivity (Wildman–Crippen MR) is 214 cm³/mol. The van der Waals surface area contributed by atoms with E-state index in [-0.39, 0.29) is 0 Å². The Kier molecular flexibility index (Phi) is 16.4. The second-order valence-electron chi connectivity index (χ2n) is 13.7. The van der Waals surface area contributed by atoms with Gasteiger partial charge in [-0.05, 0) is 96.5 Å². The van der Waals surface area contributed by atoms with Gasteiger partial charge in [0, 0.05) is 62.8 Å². The van der Waals surface area contributed by atoms with Crippen molar-refractivity contribution in [2.75, 3.05) is 59.2 Å². The average Bonchev–Trinajstić information content (AvgIpc) is 3.77. The summed E-state index contributed by atoms with van der Waals surface area (Å²) in [7, 11) is 2.03. The topological polar surface area (TPSA) is 76.4 Å². The monoisotopic (exact) mass is 713 g/mol. The lowest BCUT2D eigenvalue weighted by Gasteiger charge is -2.26. The molecule has 284 valence electrons. The lowest BCUT2D eigenvalue weighted by atomic mass is 9.92. The van der Waals surface area contributed by atoms with Crippen molar-refractivity contribution < 1.29 is 24.1 Å². The fraction of sp³-hybridized carbons (Fsp3) is 0.523. The van der Waals surface area contributed by atoms with E-state index in [4.69, 9.17) is 14.2 Å². The van der Waals surface area contributed by atoms with Crippen molar-refractivity contribution in [2.24, 2.45) is 7.05 Å². The molecule has 8 nitrogen and oxygen atoms in total. The fourth-order valence-electron chi connectivity index (χ4n) is 6.80. The number of hydrogen-bond donors (Lipinski definition) is 1. The van der Waals surface area contributed by atoms with Crippen LogP contribution in [0.5, 0.6) is 5.75 Å². The third-order valence-electron chi connectivity index (χ3n) is 10.1. The zero-order valence-electron chi connectivity index (χ0n) is 32.9. The molecule has 3 aliphatic rings. The first kappa shape index (κ1) is 40.8. The van der Waals surface area contributed by atoms with E-state index in [1.54, 1.807) is 12.1 Å². The number of rotatable bonds is 13. The summed E-state index contributed by atoms with van der Waals surface area (Å²) < 4.78 is 20.3. The maximum atomic E-state index is 11.7. The van der Waals surface area contributed by atoms with Crippen LogP contribution in [0.1, 0.15) is 102 Å². The molecule has 1 aromatic heterocycles. The standard InChI is InChI=1S/C38H47N3O5.C4H10.C2H6/c1-4-27(2)36-34-14-9-30(38(42)43)25-35(34)39(3)37(36)29-7-11-32(12-8-29)46-26-28-23-31(41-15-5-6-16-41)10-13-33(24-28)45-22-19-40-17-20-44-21-18-40;1-3-4-2;1-2/h7-14,23,25,27H,4-6,15-22,24,26H2,1-3H3,(H,42,43);3-4H2,1-2H3;1-2H3. The number of nitrogens with zero attached hydrogens (tertiary/aromatic N) is 3. The molecule has 2 aromatic carbocycles. The number of fused-ring (bicyclic) bond motifs is 1. The molecule has 3 heterocycles. The van der Waals surface area contributed by atoms with E-state index >= 15 is 0 Å². The van der Waals surface area contributed by atoms with Gasteiger partial charge in [-0.3, -0.25) is 4.90 Å². The first-order valence-corrected chi connectivity index (χ1v) is 19.7. The predicted octanol–water partition coefficient (Wildman–Crippen LogP) is 9.81. The molecule has 1 N–H and O–H groups in total. The molecule has 6 rings (SSSR count). The first-order valence-electron chi connectivity index (χ1n) is 19.7. The molecular formula is C44H63N3O5. The highest BCUT2D eigenvalue weighted by molar-refractivity contribution is 5.98. The molecule has 1 aliphatic carbocycles. The molecule has 2 fully saturated rings. The van der Waals surface area contributed by atoms with Gasteiger partial charge < -0.3 is 28.8 Å². The number of aromatic nitrogens is 1. The van der Waals surface area contributed by atoms with Gasteiger partial charge in [0.1, 0.15) is 24.7 Å². The average molecular weight is 714 g/mol. The summed E-state index contributed by atoms with van der Waals surface area (Å²) >= 11 is 0. The number of unbranched alkanes of at least 4 members (excludes halogenated alkanes) is 1. The molecule has 0 saturated carbocycles. The Labute approximate surface area is 312 Å². The number of aryl methyl sites for hydroxylation is 1. The minimum absolute atomic E-state index is 0.301. The van der Waals surface area contributed by atoms with Gasteiger partial charge in [0.2, 0.25) is 0 Å². The number of carboxylic acid groups (broad SMARTS) is 1. The van der Waals surface area contributed by atoms with Crippen LogP contribution in [0.15, 0.2) is 77.7 Å². The Morgan fingerprint density at radius 3 is 2.25 bits per heavy atom. The molecule has 0 amide bonds. The van der Waals surface area contributed by atoms with Crippen molar-refractivity contribution in [3.8, 4) is 17.0 Å². The molecular weight excluding hydrogens is 651 g/mol. The van der Waals surface area contributed by atoms with Crippen molar-refractivity contribution in [1.29, 1.82) is 0 Å². The largest absolute Gasteiger partial charge is 0.496 e. The van der Waals surface area contributed by atoms with Gasteiger partial charge in [-0.15, -0.1) is 0 Å². The van der Waals surface area contributed by atoms with Crippen LogP contribution in [0.25, 0.3) is 22.2 Å². The van der Waals surface area contributed by atoms with Crippen LogP contribution in [-0.4, -0.2) is 84.6 Å². The Hall–Kier alpha value is -4.01. The number of hydrogen-bond acceptors (Lipinski definition) is 6. The summed E-state index contributed by atoms with van der Waals surface area (Å²) in [5.74, 6) is 1.21. The van der Waals surface area contributed by atoms with Crippen molar-refractivity contribution in [3.63, 3.8) is 0 Å². The van der Waals surface area contributed by atoms with Crippen molar-refractivity contribution in [3.05, 3.63) is 88.8 Å². The number of carbonyl (C=O) groups is 1. The fourth-order valence-corrected chi connectivity index (χ4v) is 6.80. The van der Waals surface area contributed by atoms with Crippen LogP contribution in [0.4, 0.5) is 0 Å². The summed E-state index contributed by atoms with van der Waals surface area (Å²) in [4.78, 5) is 16.6. The number of benzene rings is 2. The maximum Gasteiger partial charge on any atom is 0.335 e. The molecule has 2 aliphatic heterocycles. The third kappa shape index (κ3) is 10.8. The quantitative estimate of drug-likeness (QED) is 0.189. The molecule has 2 saturated heterocycles. The van der Waals surface area contributed by atoms with E-state index in [1.807, 2.05) is 39.1 Å². The van der Waals surface area contributed by atoms with E-state index in [0.717, 1.165) is 92.4 Å². The van der Waals surface area contributed by atoms with Crippen molar-refractivity contribution in [2.45, 2.75) is 86.0 Å². The highest BCUT2D eigenvalue weighted by Gasteiger charge is 2.22. The second kappa shape index (κ2) is 20.9. The molecule has 1 unspecified atom stereocenters. The zero-order chi connectivity index (χ0) is 37.5. The van der Waals surface area contributed by atoms with E-state index in [2.05, 4.69) is 72.4 Å². The van der Waals surface area contributed by atoms with Crippen LogP contribution in [0.2, 0.25) is 0 Å². The Balaban J connectivity index is 0.000000944. The van der Waals surface area contributed by atoms with Gasteiger partial charge in [-0.1, -0.05) is 60.5 Å². The van der Waals surface area contributed by atoms with Gasteiger partial charge in [0.15, 0.2) is 0 Å². The minimum Gasteiger partial charge on any atom is -0.496 e. The van der Waals surface area contributed by atoms with E-state index in [1.165, 1.54) is 42.5 Å². The van der Waals surface area contributed by atoms with Gasteiger partial charge in [0.05, 0.1) is 24.5 Å². The van der Waals surface area contributed by atoms with Gasteiger partial charge >= 0.3 is 5.97 Å². The van der Waals surface area contributed by atoms with Crippen molar-refractivity contribution >= 4 is 16.9 Å². The summed E-state index contributed by atoms with van der Waals surface area (Å²) in [6.45, 7) is 20.5. The number of carboxylic acids is 1. The SMILES string of the molecule is CC.CCC(C)c1c(-c2ccc(OCC3=CC(N4CCCC4)=CC=C(OCCN4CCOCC4)C3)cc2)n(C)c2cc(C(=O)O)ccc12.CCCC. The number of allylic oxidation sites excluding steroid dienone is 4.